The number of rotatable bonds is 7. The van der Waals surface area contributed by atoms with E-state index in [1.54, 1.807) is 0 Å². The number of hydrogen-bond donors (Lipinski definition) is 1. The highest BCUT2D eigenvalue weighted by Gasteiger charge is 2.22. The van der Waals surface area contributed by atoms with E-state index in [0.717, 1.165) is 42.8 Å². The molecule has 0 fully saturated rings. The van der Waals surface area contributed by atoms with Gasteiger partial charge < -0.3 is 14.6 Å². The third kappa shape index (κ3) is 3.76. The normalized spacial score (nSPS) is 17.8. The van der Waals surface area contributed by atoms with Crippen LogP contribution >= 0.6 is 0 Å². The first-order chi connectivity index (χ1) is 9.76. The van der Waals surface area contributed by atoms with E-state index in [2.05, 4.69) is 13.0 Å². The van der Waals surface area contributed by atoms with Gasteiger partial charge in [0.15, 0.2) is 0 Å². The topological polar surface area (TPSA) is 38.7 Å². The molecular weight excluding hydrogens is 252 g/mol. The van der Waals surface area contributed by atoms with Gasteiger partial charge >= 0.3 is 0 Å². The van der Waals surface area contributed by atoms with Crippen LogP contribution in [0, 0.1) is 0 Å². The van der Waals surface area contributed by atoms with Gasteiger partial charge in [0.25, 0.3) is 0 Å². The molecule has 0 radical (unpaired) electrons. The molecule has 0 spiro atoms. The quantitative estimate of drug-likeness (QED) is 0.773. The Morgan fingerprint density at radius 1 is 1.45 bits per heavy atom. The summed E-state index contributed by atoms with van der Waals surface area (Å²) in [5, 5.41) is 9.16. The molecule has 1 aliphatic heterocycles. The third-order valence-electron chi connectivity index (χ3n) is 3.49. The van der Waals surface area contributed by atoms with Crippen molar-refractivity contribution in [1.82, 2.24) is 0 Å². The minimum Gasteiger partial charge on any atom is -0.498 e. The van der Waals surface area contributed by atoms with Crippen molar-refractivity contribution in [2.45, 2.75) is 52.2 Å². The lowest BCUT2D eigenvalue weighted by molar-refractivity contribution is 0.204. The lowest BCUT2D eigenvalue weighted by atomic mass is 10.1. The smallest absolute Gasteiger partial charge is 0.124 e. The fourth-order valence-corrected chi connectivity index (χ4v) is 2.44. The summed E-state index contributed by atoms with van der Waals surface area (Å²) in [6.07, 6.45) is 6.32. The molecule has 0 aliphatic carbocycles. The van der Waals surface area contributed by atoms with E-state index < -0.39 is 0 Å². The van der Waals surface area contributed by atoms with Crippen LogP contribution < -0.4 is 4.74 Å². The molecule has 0 saturated heterocycles. The molecule has 2 rings (SSSR count). The van der Waals surface area contributed by atoms with Crippen LogP contribution in [0.15, 0.2) is 30.0 Å². The van der Waals surface area contributed by atoms with Gasteiger partial charge in [0.05, 0.1) is 19.0 Å². The average Bonchev–Trinajstić information content (AvgIpc) is 2.86. The minimum atomic E-state index is 0.0531. The van der Waals surface area contributed by atoms with E-state index >= 15 is 0 Å². The van der Waals surface area contributed by atoms with Gasteiger partial charge in [0.1, 0.15) is 11.9 Å². The van der Waals surface area contributed by atoms with Gasteiger partial charge in [-0.25, -0.2) is 0 Å². The monoisotopic (exact) mass is 276 g/mol. The highest BCUT2D eigenvalue weighted by molar-refractivity contribution is 5.41. The maximum absolute atomic E-state index is 9.16. The molecule has 1 aromatic carbocycles. The summed E-state index contributed by atoms with van der Waals surface area (Å²) in [6.45, 7) is 4.95. The largest absolute Gasteiger partial charge is 0.498 e. The van der Waals surface area contributed by atoms with Gasteiger partial charge in [-0.1, -0.05) is 25.5 Å². The fourth-order valence-electron chi connectivity index (χ4n) is 2.44. The lowest BCUT2D eigenvalue weighted by Gasteiger charge is -2.11. The first-order valence-electron chi connectivity index (χ1n) is 7.49. The van der Waals surface area contributed by atoms with Gasteiger partial charge in [0.2, 0.25) is 0 Å². The van der Waals surface area contributed by atoms with Gasteiger partial charge in [-0.2, -0.15) is 0 Å². The Morgan fingerprint density at radius 2 is 2.30 bits per heavy atom. The molecule has 1 unspecified atom stereocenters. The van der Waals surface area contributed by atoms with Gasteiger partial charge in [-0.3, -0.25) is 0 Å². The Morgan fingerprint density at radius 3 is 3.00 bits per heavy atom. The minimum absolute atomic E-state index is 0.0531. The molecule has 20 heavy (non-hydrogen) atoms. The number of aliphatic hydroxyl groups is 1. The number of allylic oxidation sites excluding steroid dienone is 1. The highest BCUT2D eigenvalue weighted by Crippen LogP contribution is 2.31. The van der Waals surface area contributed by atoms with E-state index in [4.69, 9.17) is 14.6 Å². The first kappa shape index (κ1) is 14.9. The summed E-state index contributed by atoms with van der Waals surface area (Å²) < 4.78 is 11.6. The molecule has 3 nitrogen and oxygen atoms in total. The summed E-state index contributed by atoms with van der Waals surface area (Å²) >= 11 is 0. The van der Waals surface area contributed by atoms with E-state index in [0.29, 0.717) is 6.61 Å². The maximum atomic E-state index is 9.16. The van der Waals surface area contributed by atoms with Gasteiger partial charge in [0, 0.05) is 12.8 Å². The van der Waals surface area contributed by atoms with Crippen molar-refractivity contribution in [3.05, 3.63) is 41.2 Å². The Bertz CT molecular complexity index is 465. The number of fused-ring (bicyclic) bond motifs is 1. The summed E-state index contributed by atoms with van der Waals surface area (Å²) in [6, 6.07) is 5.92. The Kier molecular flexibility index (Phi) is 5.48. The molecule has 0 saturated carbocycles. The third-order valence-corrected chi connectivity index (χ3v) is 3.49. The Hall–Kier alpha value is -1.48. The van der Waals surface area contributed by atoms with Crippen LogP contribution in [0.4, 0.5) is 0 Å². The average molecular weight is 276 g/mol. The van der Waals surface area contributed by atoms with E-state index in [-0.39, 0.29) is 12.7 Å². The Balaban J connectivity index is 2.04. The van der Waals surface area contributed by atoms with Crippen molar-refractivity contribution in [2.24, 2.45) is 0 Å². The molecule has 1 heterocycles. The van der Waals surface area contributed by atoms with Crippen molar-refractivity contribution >= 4 is 0 Å². The zero-order valence-electron chi connectivity index (χ0n) is 12.4. The van der Waals surface area contributed by atoms with E-state index in [1.807, 2.05) is 25.1 Å². The summed E-state index contributed by atoms with van der Waals surface area (Å²) in [5.74, 6) is 1.93. The number of ether oxygens (including phenoxy) is 2. The molecule has 3 heteroatoms. The Labute approximate surface area is 121 Å². The number of unbranched alkanes of at least 4 members (excludes halogenated alkanes) is 1. The SMILES string of the molecule is CCCC/C(=C\C1Cc2ccc(CO)cc2O1)OCC. The summed E-state index contributed by atoms with van der Waals surface area (Å²) in [5.41, 5.74) is 2.10. The molecule has 110 valence electrons. The van der Waals surface area contributed by atoms with E-state index in [9.17, 15) is 0 Å². The van der Waals surface area contributed by atoms with Crippen molar-refractivity contribution in [3.8, 4) is 5.75 Å². The van der Waals surface area contributed by atoms with Crippen LogP contribution in [0.25, 0.3) is 0 Å². The predicted molar refractivity (Wildman–Crippen MR) is 79.7 cm³/mol. The number of benzene rings is 1. The van der Waals surface area contributed by atoms with Crippen molar-refractivity contribution < 1.29 is 14.6 Å². The van der Waals surface area contributed by atoms with Crippen molar-refractivity contribution in [1.29, 1.82) is 0 Å². The molecule has 1 aromatic rings. The fraction of sp³-hybridized carbons (Fsp3) is 0.529. The second-order valence-corrected chi connectivity index (χ2v) is 5.13. The van der Waals surface area contributed by atoms with Gasteiger partial charge in [-0.15, -0.1) is 0 Å². The van der Waals surface area contributed by atoms with E-state index in [1.165, 1.54) is 5.56 Å². The van der Waals surface area contributed by atoms with Crippen LogP contribution in [-0.4, -0.2) is 17.8 Å². The molecule has 1 N–H and O–H groups in total. The second kappa shape index (κ2) is 7.34. The second-order valence-electron chi connectivity index (χ2n) is 5.13. The lowest BCUT2D eigenvalue weighted by Crippen LogP contribution is -2.11. The standard InChI is InChI=1S/C17H24O3/c1-3-5-6-15(19-4-2)11-16-10-14-8-7-13(12-18)9-17(14)20-16/h7-9,11,16,18H,3-6,10,12H2,1-2H3/b15-11+. The van der Waals surface area contributed by atoms with Crippen LogP contribution in [0.2, 0.25) is 0 Å². The van der Waals surface area contributed by atoms with Gasteiger partial charge in [-0.05, 0) is 36.6 Å². The van der Waals surface area contributed by atoms with Crippen LogP contribution in [0.1, 0.15) is 44.2 Å². The summed E-state index contributed by atoms with van der Waals surface area (Å²) in [7, 11) is 0. The van der Waals surface area contributed by atoms with Crippen molar-refractivity contribution in [3.63, 3.8) is 0 Å². The molecule has 1 atom stereocenters. The molecule has 0 amide bonds. The number of aliphatic hydroxyl groups excluding tert-OH is 1. The summed E-state index contributed by atoms with van der Waals surface area (Å²) in [4.78, 5) is 0. The van der Waals surface area contributed by atoms with Crippen molar-refractivity contribution in [2.75, 3.05) is 6.61 Å². The zero-order valence-corrected chi connectivity index (χ0v) is 12.4. The number of hydrogen-bond acceptors (Lipinski definition) is 3. The van der Waals surface area contributed by atoms with Crippen LogP contribution in [0.5, 0.6) is 5.75 Å². The highest BCUT2D eigenvalue weighted by atomic mass is 16.5. The molecule has 0 bridgehead atoms. The first-order valence-corrected chi connectivity index (χ1v) is 7.49. The molecule has 1 aliphatic rings. The predicted octanol–water partition coefficient (Wildman–Crippen LogP) is 3.59. The zero-order chi connectivity index (χ0) is 14.4. The molecular formula is C17H24O3. The maximum Gasteiger partial charge on any atom is 0.124 e. The molecule has 0 aromatic heterocycles. The van der Waals surface area contributed by atoms with Crippen LogP contribution in [0.3, 0.4) is 0 Å². The van der Waals surface area contributed by atoms with Crippen LogP contribution in [-0.2, 0) is 17.8 Å².